The van der Waals surface area contributed by atoms with Gasteiger partial charge in [0.1, 0.15) is 13.2 Å². The van der Waals surface area contributed by atoms with Gasteiger partial charge < -0.3 is 14.8 Å². The summed E-state index contributed by atoms with van der Waals surface area (Å²) in [4.78, 5) is 0. The summed E-state index contributed by atoms with van der Waals surface area (Å²) in [5.74, 6) is 1.23. The van der Waals surface area contributed by atoms with Crippen molar-refractivity contribution in [2.24, 2.45) is 0 Å². The number of methoxy groups -OCH3 is 1. The summed E-state index contributed by atoms with van der Waals surface area (Å²) in [6, 6.07) is 3.89. The van der Waals surface area contributed by atoms with Gasteiger partial charge >= 0.3 is 0 Å². The molecule has 0 aromatic heterocycles. The zero-order chi connectivity index (χ0) is 14.5. The number of benzene rings is 1. The van der Waals surface area contributed by atoms with Gasteiger partial charge in [0.15, 0.2) is 11.5 Å². The fraction of sp³-hybridized carbons (Fsp3) is 0.467. The maximum Gasteiger partial charge on any atom is 0.180 e. The summed E-state index contributed by atoms with van der Waals surface area (Å²) < 4.78 is 10.9. The van der Waals surface area contributed by atoms with Gasteiger partial charge in [-0.15, -0.1) is 0 Å². The zero-order valence-electron chi connectivity index (χ0n) is 12.1. The largest absolute Gasteiger partial charge is 0.493 e. The maximum absolute atomic E-state index is 6.25. The summed E-state index contributed by atoms with van der Waals surface area (Å²) in [5.41, 5.74) is 1.29. The van der Waals surface area contributed by atoms with Gasteiger partial charge in [0.2, 0.25) is 0 Å². The third kappa shape index (κ3) is 5.13. The highest BCUT2D eigenvalue weighted by Gasteiger charge is 2.16. The Balaban J connectivity index is 2.92. The molecule has 0 unspecified atom stereocenters. The van der Waals surface area contributed by atoms with E-state index in [0.29, 0.717) is 23.1 Å². The predicted octanol–water partition coefficient (Wildman–Crippen LogP) is 2.78. The van der Waals surface area contributed by atoms with Crippen molar-refractivity contribution in [2.75, 3.05) is 13.7 Å². The fourth-order valence-electron chi connectivity index (χ4n) is 1.60. The van der Waals surface area contributed by atoms with Gasteiger partial charge in [-0.05, 0) is 32.9 Å². The van der Waals surface area contributed by atoms with Crippen LogP contribution in [0, 0.1) is 0 Å². The molecule has 0 saturated carbocycles. The molecule has 0 atom stereocenters. The predicted molar refractivity (Wildman–Crippen MR) is 79.1 cm³/mol. The molecule has 3 nitrogen and oxygen atoms in total. The Kier molecular flexibility index (Phi) is 5.70. The van der Waals surface area contributed by atoms with E-state index in [9.17, 15) is 0 Å². The molecule has 0 heterocycles. The molecule has 1 aromatic carbocycles. The SMILES string of the molecule is C=CCOc1c(Cl)cc(C[NH2+]C(C)(C)C)cc1OC. The molecule has 0 aliphatic carbocycles. The number of halogens is 1. The lowest BCUT2D eigenvalue weighted by molar-refractivity contribution is -0.731. The highest BCUT2D eigenvalue weighted by atomic mass is 35.5. The number of ether oxygens (including phenoxy) is 2. The number of nitrogens with two attached hydrogens (primary N) is 1. The van der Waals surface area contributed by atoms with Crippen LogP contribution in [0.2, 0.25) is 5.02 Å². The molecule has 0 amide bonds. The lowest BCUT2D eigenvalue weighted by Gasteiger charge is -2.18. The Morgan fingerprint density at radius 3 is 2.58 bits per heavy atom. The third-order valence-electron chi connectivity index (χ3n) is 2.58. The first-order valence-corrected chi connectivity index (χ1v) is 6.69. The van der Waals surface area contributed by atoms with Crippen LogP contribution < -0.4 is 14.8 Å². The van der Waals surface area contributed by atoms with Gasteiger partial charge in [-0.25, -0.2) is 0 Å². The van der Waals surface area contributed by atoms with Crippen molar-refractivity contribution >= 4 is 11.6 Å². The van der Waals surface area contributed by atoms with Crippen LogP contribution in [-0.4, -0.2) is 19.3 Å². The minimum absolute atomic E-state index is 0.178. The van der Waals surface area contributed by atoms with Gasteiger partial charge in [-0.3, -0.25) is 0 Å². The summed E-state index contributed by atoms with van der Waals surface area (Å²) in [5, 5.41) is 2.82. The number of hydrogen-bond donors (Lipinski definition) is 1. The van der Waals surface area contributed by atoms with Gasteiger partial charge in [0, 0.05) is 5.56 Å². The van der Waals surface area contributed by atoms with Crippen LogP contribution in [0.5, 0.6) is 11.5 Å². The van der Waals surface area contributed by atoms with E-state index < -0.39 is 0 Å². The summed E-state index contributed by atoms with van der Waals surface area (Å²) in [6.07, 6.45) is 1.68. The van der Waals surface area contributed by atoms with E-state index >= 15 is 0 Å². The molecule has 106 valence electrons. The smallest absolute Gasteiger partial charge is 0.180 e. The lowest BCUT2D eigenvalue weighted by Crippen LogP contribution is -2.92. The molecule has 0 radical (unpaired) electrons. The van der Waals surface area contributed by atoms with E-state index in [1.54, 1.807) is 13.2 Å². The monoisotopic (exact) mass is 284 g/mol. The van der Waals surface area contributed by atoms with Crippen LogP contribution in [0.3, 0.4) is 0 Å². The van der Waals surface area contributed by atoms with Gasteiger partial charge in [-0.2, -0.15) is 0 Å². The van der Waals surface area contributed by atoms with E-state index in [0.717, 1.165) is 12.1 Å². The lowest BCUT2D eigenvalue weighted by atomic mass is 10.1. The first kappa shape index (κ1) is 15.9. The average Bonchev–Trinajstić information content (AvgIpc) is 2.33. The molecule has 2 N–H and O–H groups in total. The molecule has 0 bridgehead atoms. The van der Waals surface area contributed by atoms with Crippen molar-refractivity contribution in [1.82, 2.24) is 0 Å². The number of hydrogen-bond acceptors (Lipinski definition) is 2. The Labute approximate surface area is 120 Å². The minimum Gasteiger partial charge on any atom is -0.493 e. The van der Waals surface area contributed by atoms with E-state index in [-0.39, 0.29) is 5.54 Å². The normalized spacial score (nSPS) is 11.2. The molecular weight excluding hydrogens is 262 g/mol. The van der Waals surface area contributed by atoms with Gasteiger partial charge in [0.25, 0.3) is 0 Å². The van der Waals surface area contributed by atoms with Crippen LogP contribution in [0.1, 0.15) is 26.3 Å². The molecule has 4 heteroatoms. The van der Waals surface area contributed by atoms with Crippen molar-refractivity contribution in [3.63, 3.8) is 0 Å². The van der Waals surface area contributed by atoms with Crippen LogP contribution in [0.4, 0.5) is 0 Å². The quantitative estimate of drug-likeness (QED) is 0.815. The summed E-state index contributed by atoms with van der Waals surface area (Å²) in [7, 11) is 1.61. The Morgan fingerprint density at radius 1 is 1.37 bits per heavy atom. The van der Waals surface area contributed by atoms with Crippen molar-refractivity contribution in [3.05, 3.63) is 35.4 Å². The highest BCUT2D eigenvalue weighted by molar-refractivity contribution is 6.32. The molecule has 0 aliphatic rings. The molecular formula is C15H23ClNO2+. The van der Waals surface area contributed by atoms with Crippen molar-refractivity contribution < 1.29 is 14.8 Å². The standard InChI is InChI=1S/C15H22ClNO2/c1-6-7-19-14-12(16)8-11(9-13(14)18-5)10-17-15(2,3)4/h6,8-9,17H,1,7,10H2,2-5H3/p+1. The first-order chi connectivity index (χ1) is 8.87. The number of rotatable bonds is 6. The molecule has 1 aromatic rings. The van der Waals surface area contributed by atoms with Crippen molar-refractivity contribution in [2.45, 2.75) is 32.9 Å². The zero-order valence-corrected chi connectivity index (χ0v) is 12.9. The maximum atomic E-state index is 6.25. The fourth-order valence-corrected chi connectivity index (χ4v) is 1.89. The molecule has 0 saturated heterocycles. The molecule has 19 heavy (non-hydrogen) atoms. The van der Waals surface area contributed by atoms with Crippen LogP contribution in [0.25, 0.3) is 0 Å². The minimum atomic E-state index is 0.178. The number of quaternary nitrogens is 1. The molecule has 0 spiro atoms. The van der Waals surface area contributed by atoms with E-state index in [2.05, 4.69) is 32.7 Å². The second kappa shape index (κ2) is 6.83. The van der Waals surface area contributed by atoms with E-state index in [4.69, 9.17) is 21.1 Å². The van der Waals surface area contributed by atoms with Crippen LogP contribution in [-0.2, 0) is 6.54 Å². The second-order valence-corrected chi connectivity index (χ2v) is 5.89. The van der Waals surface area contributed by atoms with Gasteiger partial charge in [0.05, 0.1) is 17.7 Å². The van der Waals surface area contributed by atoms with E-state index in [1.165, 1.54) is 0 Å². The molecule has 0 aliphatic heterocycles. The second-order valence-electron chi connectivity index (χ2n) is 5.48. The van der Waals surface area contributed by atoms with Crippen molar-refractivity contribution in [3.8, 4) is 11.5 Å². The first-order valence-electron chi connectivity index (χ1n) is 6.32. The average molecular weight is 285 g/mol. The highest BCUT2D eigenvalue weighted by Crippen LogP contribution is 2.36. The van der Waals surface area contributed by atoms with Gasteiger partial charge in [-0.1, -0.05) is 24.3 Å². The third-order valence-corrected chi connectivity index (χ3v) is 2.87. The van der Waals surface area contributed by atoms with E-state index in [1.807, 2.05) is 12.1 Å². The topological polar surface area (TPSA) is 35.1 Å². The molecule has 1 rings (SSSR count). The Bertz CT molecular complexity index is 439. The molecule has 0 fully saturated rings. The van der Waals surface area contributed by atoms with Crippen molar-refractivity contribution in [1.29, 1.82) is 0 Å². The Hall–Kier alpha value is -1.19. The Morgan fingerprint density at radius 2 is 2.05 bits per heavy atom. The summed E-state index contributed by atoms with van der Waals surface area (Å²) in [6.45, 7) is 11.4. The summed E-state index contributed by atoms with van der Waals surface area (Å²) >= 11 is 6.25. The van der Waals surface area contributed by atoms with Crippen LogP contribution in [0.15, 0.2) is 24.8 Å². The van der Waals surface area contributed by atoms with Crippen LogP contribution >= 0.6 is 11.6 Å².